The highest BCUT2D eigenvalue weighted by Crippen LogP contribution is 2.27. The molecule has 0 aromatic heterocycles. The molecule has 0 radical (unpaired) electrons. The Labute approximate surface area is 168 Å². The highest BCUT2D eigenvalue weighted by Gasteiger charge is 2.09. The monoisotopic (exact) mass is 407 g/mol. The Balaban J connectivity index is 1.66. The number of carbonyl (C=O) groups is 2. The molecule has 2 aromatic rings. The van der Waals surface area contributed by atoms with E-state index in [1.165, 1.54) is 0 Å². The van der Waals surface area contributed by atoms with Gasteiger partial charge in [-0.1, -0.05) is 23.7 Å². The first-order valence-corrected chi connectivity index (χ1v) is 8.91. The van der Waals surface area contributed by atoms with Crippen molar-refractivity contribution in [2.45, 2.75) is 6.42 Å². The van der Waals surface area contributed by atoms with Crippen LogP contribution in [0.25, 0.3) is 0 Å². The maximum atomic E-state index is 11.8. The number of esters is 1. The molecule has 28 heavy (non-hydrogen) atoms. The predicted molar refractivity (Wildman–Crippen MR) is 104 cm³/mol. The van der Waals surface area contributed by atoms with E-state index in [2.05, 4.69) is 5.32 Å². The zero-order chi connectivity index (χ0) is 20.4. The smallest absolute Gasteiger partial charge is 0.344 e. The van der Waals surface area contributed by atoms with Crippen molar-refractivity contribution in [1.82, 2.24) is 5.32 Å². The van der Waals surface area contributed by atoms with E-state index in [0.29, 0.717) is 35.2 Å². The number of hydrogen-bond acceptors (Lipinski definition) is 6. The predicted octanol–water partition coefficient (Wildman–Crippen LogP) is 2.64. The van der Waals surface area contributed by atoms with E-state index in [1.54, 1.807) is 44.6 Å². The van der Waals surface area contributed by atoms with Gasteiger partial charge in [-0.25, -0.2) is 4.79 Å². The summed E-state index contributed by atoms with van der Waals surface area (Å²) in [5.41, 5.74) is 0.977. The van der Waals surface area contributed by atoms with Crippen LogP contribution in [0.2, 0.25) is 5.02 Å². The lowest BCUT2D eigenvalue weighted by Crippen LogP contribution is -2.31. The van der Waals surface area contributed by atoms with Crippen molar-refractivity contribution in [3.8, 4) is 17.2 Å². The van der Waals surface area contributed by atoms with Crippen LogP contribution in [0.3, 0.4) is 0 Å². The van der Waals surface area contributed by atoms with Crippen molar-refractivity contribution >= 4 is 23.5 Å². The summed E-state index contributed by atoms with van der Waals surface area (Å²) in [7, 11) is 3.13. The van der Waals surface area contributed by atoms with Gasteiger partial charge in [0.25, 0.3) is 5.91 Å². The van der Waals surface area contributed by atoms with Gasteiger partial charge in [-0.3, -0.25) is 4.79 Å². The molecular weight excluding hydrogens is 386 g/mol. The van der Waals surface area contributed by atoms with Crippen LogP contribution in [0.4, 0.5) is 0 Å². The van der Waals surface area contributed by atoms with Gasteiger partial charge in [-0.2, -0.15) is 0 Å². The number of benzene rings is 2. The highest BCUT2D eigenvalue weighted by atomic mass is 35.5. The molecule has 1 amide bonds. The lowest BCUT2D eigenvalue weighted by Gasteiger charge is -2.10. The van der Waals surface area contributed by atoms with Crippen molar-refractivity contribution in [2.24, 2.45) is 0 Å². The number of rotatable bonds is 10. The first kappa shape index (κ1) is 21.4. The van der Waals surface area contributed by atoms with Crippen LogP contribution in [-0.4, -0.2) is 45.9 Å². The van der Waals surface area contributed by atoms with Crippen LogP contribution in [0.5, 0.6) is 17.2 Å². The quantitative estimate of drug-likeness (QED) is 0.609. The van der Waals surface area contributed by atoms with Gasteiger partial charge >= 0.3 is 5.97 Å². The number of halogens is 1. The molecule has 2 rings (SSSR count). The van der Waals surface area contributed by atoms with Gasteiger partial charge in [-0.05, 0) is 42.3 Å². The average molecular weight is 408 g/mol. The van der Waals surface area contributed by atoms with Crippen LogP contribution < -0.4 is 19.5 Å². The molecular formula is C20H22ClNO6. The van der Waals surface area contributed by atoms with Crippen molar-refractivity contribution in [2.75, 3.05) is 34.0 Å². The molecule has 0 heterocycles. The van der Waals surface area contributed by atoms with E-state index >= 15 is 0 Å². The topological polar surface area (TPSA) is 83.1 Å². The third kappa shape index (κ3) is 7.00. The van der Waals surface area contributed by atoms with Gasteiger partial charge in [0, 0.05) is 11.6 Å². The average Bonchev–Trinajstić information content (AvgIpc) is 2.70. The third-order valence-electron chi connectivity index (χ3n) is 3.70. The fraction of sp³-hybridized carbons (Fsp3) is 0.300. The Morgan fingerprint density at radius 3 is 2.50 bits per heavy atom. The summed E-state index contributed by atoms with van der Waals surface area (Å²) in [6.45, 7) is -0.284. The zero-order valence-corrected chi connectivity index (χ0v) is 16.5. The Hall–Kier alpha value is -2.93. The molecule has 0 spiro atoms. The minimum Gasteiger partial charge on any atom is -0.493 e. The normalized spacial score (nSPS) is 10.1. The number of ether oxygens (including phenoxy) is 4. The van der Waals surface area contributed by atoms with Gasteiger partial charge in [0.15, 0.2) is 24.7 Å². The summed E-state index contributed by atoms with van der Waals surface area (Å²) < 4.78 is 20.6. The van der Waals surface area contributed by atoms with E-state index in [1.807, 2.05) is 12.1 Å². The lowest BCUT2D eigenvalue weighted by molar-refractivity contribution is -0.150. The standard InChI is InChI=1S/C20H22ClNO6/c1-25-17-7-6-14(10-18(17)26-2)8-9-22-19(23)12-28-20(24)13-27-16-5-3-4-15(21)11-16/h3-7,10-11H,8-9,12-13H2,1-2H3,(H,22,23). The van der Waals surface area contributed by atoms with Crippen LogP contribution >= 0.6 is 11.6 Å². The molecule has 7 nitrogen and oxygen atoms in total. The van der Waals surface area contributed by atoms with Crippen molar-refractivity contribution in [1.29, 1.82) is 0 Å². The van der Waals surface area contributed by atoms with Gasteiger partial charge < -0.3 is 24.3 Å². The third-order valence-corrected chi connectivity index (χ3v) is 3.94. The van der Waals surface area contributed by atoms with Crippen molar-refractivity contribution in [3.63, 3.8) is 0 Å². The molecule has 0 saturated carbocycles. The first-order valence-electron chi connectivity index (χ1n) is 8.53. The molecule has 0 atom stereocenters. The molecule has 150 valence electrons. The molecule has 0 unspecified atom stereocenters. The van der Waals surface area contributed by atoms with E-state index in [-0.39, 0.29) is 13.2 Å². The summed E-state index contributed by atoms with van der Waals surface area (Å²) in [6.07, 6.45) is 0.595. The Morgan fingerprint density at radius 2 is 1.79 bits per heavy atom. The van der Waals surface area contributed by atoms with Gasteiger partial charge in [0.2, 0.25) is 0 Å². The zero-order valence-electron chi connectivity index (χ0n) is 15.7. The summed E-state index contributed by atoms with van der Waals surface area (Å²) in [5, 5.41) is 3.19. The minimum atomic E-state index is -0.644. The largest absolute Gasteiger partial charge is 0.493 e. The Kier molecular flexibility index (Phi) is 8.42. The molecule has 0 bridgehead atoms. The second kappa shape index (κ2) is 11.0. The summed E-state index contributed by atoms with van der Waals surface area (Å²) >= 11 is 5.83. The van der Waals surface area contributed by atoms with Crippen LogP contribution in [0.1, 0.15) is 5.56 Å². The van der Waals surface area contributed by atoms with Crippen molar-refractivity contribution < 1.29 is 28.5 Å². The molecule has 0 aliphatic heterocycles. The SMILES string of the molecule is COc1ccc(CCNC(=O)COC(=O)COc2cccc(Cl)c2)cc1OC. The maximum Gasteiger partial charge on any atom is 0.344 e. The summed E-state index contributed by atoms with van der Waals surface area (Å²) in [6, 6.07) is 12.2. The molecule has 8 heteroatoms. The second-order valence-electron chi connectivity index (χ2n) is 5.70. The van der Waals surface area contributed by atoms with Gasteiger partial charge in [0.05, 0.1) is 14.2 Å². The Bertz CT molecular complexity index is 811. The maximum absolute atomic E-state index is 11.8. The highest BCUT2D eigenvalue weighted by molar-refractivity contribution is 6.30. The van der Waals surface area contributed by atoms with Crippen LogP contribution in [0, 0.1) is 0 Å². The van der Waals surface area contributed by atoms with Crippen molar-refractivity contribution in [3.05, 3.63) is 53.1 Å². The van der Waals surface area contributed by atoms with Crippen LogP contribution in [-0.2, 0) is 20.7 Å². The molecule has 1 N–H and O–H groups in total. The number of nitrogens with one attached hydrogen (secondary N) is 1. The molecule has 0 aliphatic rings. The molecule has 0 saturated heterocycles. The number of hydrogen-bond donors (Lipinski definition) is 1. The molecule has 0 fully saturated rings. The fourth-order valence-electron chi connectivity index (χ4n) is 2.32. The number of amides is 1. The number of methoxy groups -OCH3 is 2. The van der Waals surface area contributed by atoms with E-state index < -0.39 is 11.9 Å². The molecule has 2 aromatic carbocycles. The van der Waals surface area contributed by atoms with Gasteiger partial charge in [0.1, 0.15) is 5.75 Å². The first-order chi connectivity index (χ1) is 13.5. The minimum absolute atomic E-state index is 0.306. The molecule has 0 aliphatic carbocycles. The summed E-state index contributed by atoms with van der Waals surface area (Å²) in [4.78, 5) is 23.4. The fourth-order valence-corrected chi connectivity index (χ4v) is 2.50. The van der Waals surface area contributed by atoms with Gasteiger partial charge in [-0.15, -0.1) is 0 Å². The van der Waals surface area contributed by atoms with E-state index in [0.717, 1.165) is 5.56 Å². The van der Waals surface area contributed by atoms with E-state index in [4.69, 9.17) is 30.5 Å². The number of carbonyl (C=O) groups excluding carboxylic acids is 2. The lowest BCUT2D eigenvalue weighted by atomic mass is 10.1. The summed E-state index contributed by atoms with van der Waals surface area (Å²) in [5.74, 6) is 0.678. The Morgan fingerprint density at radius 1 is 1.00 bits per heavy atom. The van der Waals surface area contributed by atoms with Crippen LogP contribution in [0.15, 0.2) is 42.5 Å². The second-order valence-corrected chi connectivity index (χ2v) is 6.13. The van der Waals surface area contributed by atoms with E-state index in [9.17, 15) is 9.59 Å².